The SMILES string of the molecule is CCC(F)(F)c1ccc(CNC(=O)[C@H]2CN(c3cnc4cnccc4n3)CCN2S(=O)(=O)c2ccc(OC(F)(F)F)cc2)cc1. The molecule has 1 N–H and O–H groups in total. The number of ether oxygens (including phenoxy) is 1. The molecule has 1 fully saturated rings. The van der Waals surface area contributed by atoms with E-state index in [1.807, 2.05) is 0 Å². The Balaban J connectivity index is 1.40. The van der Waals surface area contributed by atoms with Crippen molar-refractivity contribution in [2.45, 2.75) is 43.1 Å². The number of halogens is 5. The first-order valence-corrected chi connectivity index (χ1v) is 15.2. The second kappa shape index (κ2) is 12.5. The highest BCUT2D eigenvalue weighted by Gasteiger charge is 2.41. The summed E-state index contributed by atoms with van der Waals surface area (Å²) in [6.07, 6.45) is -0.770. The van der Waals surface area contributed by atoms with Gasteiger partial charge in [-0.1, -0.05) is 31.2 Å². The summed E-state index contributed by atoms with van der Waals surface area (Å²) in [4.78, 5) is 27.8. The predicted molar refractivity (Wildman–Crippen MR) is 153 cm³/mol. The maximum absolute atomic E-state index is 14.0. The first-order valence-electron chi connectivity index (χ1n) is 13.7. The standard InChI is InChI=1S/C29H27F5N6O4S/c1-2-28(30,31)20-5-3-19(4-6-20)15-37-27(41)25-18-39(26-17-36-24-16-35-12-11-23(24)38-26)13-14-40(25)45(42,43)22-9-7-21(8-10-22)44-29(32,33)34/h3-12,16-17,25H,2,13-15,18H2,1H3,(H,37,41)/t25-/m1/s1. The summed E-state index contributed by atoms with van der Waals surface area (Å²) in [5.41, 5.74) is 1.42. The van der Waals surface area contributed by atoms with Gasteiger partial charge in [0.2, 0.25) is 15.9 Å². The van der Waals surface area contributed by atoms with Crippen LogP contribution in [0.2, 0.25) is 0 Å². The minimum atomic E-state index is -4.96. The van der Waals surface area contributed by atoms with Crippen LogP contribution in [-0.2, 0) is 27.3 Å². The molecule has 0 spiro atoms. The highest BCUT2D eigenvalue weighted by Crippen LogP contribution is 2.31. The van der Waals surface area contributed by atoms with Crippen LogP contribution in [0.25, 0.3) is 11.0 Å². The monoisotopic (exact) mass is 650 g/mol. The number of sulfonamides is 1. The third-order valence-corrected chi connectivity index (χ3v) is 9.16. The molecule has 1 amide bonds. The quantitative estimate of drug-likeness (QED) is 0.261. The maximum Gasteiger partial charge on any atom is 0.573 e. The predicted octanol–water partition coefficient (Wildman–Crippen LogP) is 4.62. The summed E-state index contributed by atoms with van der Waals surface area (Å²) in [7, 11) is -4.38. The Labute approximate surface area is 254 Å². The van der Waals surface area contributed by atoms with E-state index in [9.17, 15) is 35.2 Å². The summed E-state index contributed by atoms with van der Waals surface area (Å²) in [5.74, 6) is -3.89. The molecule has 1 aliphatic heterocycles. The largest absolute Gasteiger partial charge is 0.573 e. The van der Waals surface area contributed by atoms with Gasteiger partial charge < -0.3 is 15.0 Å². The Bertz CT molecular complexity index is 1770. The van der Waals surface area contributed by atoms with E-state index in [0.717, 1.165) is 28.6 Å². The number of benzene rings is 2. The zero-order chi connectivity index (χ0) is 32.4. The Kier molecular flexibility index (Phi) is 8.89. The highest BCUT2D eigenvalue weighted by molar-refractivity contribution is 7.89. The van der Waals surface area contributed by atoms with Crippen LogP contribution in [-0.4, -0.2) is 65.6 Å². The van der Waals surface area contributed by atoms with Gasteiger partial charge in [-0.2, -0.15) is 4.31 Å². The van der Waals surface area contributed by atoms with Crippen molar-refractivity contribution in [1.29, 1.82) is 0 Å². The van der Waals surface area contributed by atoms with Gasteiger partial charge in [0.15, 0.2) is 0 Å². The molecule has 3 heterocycles. The van der Waals surface area contributed by atoms with Gasteiger partial charge in [0.25, 0.3) is 5.92 Å². The van der Waals surface area contributed by atoms with Crippen LogP contribution in [0, 0.1) is 0 Å². The minimum Gasteiger partial charge on any atom is -0.406 e. The van der Waals surface area contributed by atoms with Crippen LogP contribution >= 0.6 is 0 Å². The van der Waals surface area contributed by atoms with Crippen molar-refractivity contribution in [2.24, 2.45) is 0 Å². The molecular weight excluding hydrogens is 623 g/mol. The second-order valence-electron chi connectivity index (χ2n) is 10.2. The number of nitrogens with zero attached hydrogens (tertiary/aromatic N) is 5. The molecule has 1 aliphatic rings. The molecule has 1 saturated heterocycles. The number of rotatable bonds is 9. The van der Waals surface area contributed by atoms with Gasteiger partial charge in [-0.25, -0.2) is 27.2 Å². The number of piperazine rings is 1. The van der Waals surface area contributed by atoms with Crippen molar-refractivity contribution in [1.82, 2.24) is 24.6 Å². The molecule has 0 saturated carbocycles. The fourth-order valence-corrected chi connectivity index (χ4v) is 6.38. The molecule has 0 radical (unpaired) electrons. The van der Waals surface area contributed by atoms with Crippen molar-refractivity contribution in [3.63, 3.8) is 0 Å². The Hall–Kier alpha value is -4.44. The number of carbonyl (C=O) groups is 1. The van der Waals surface area contributed by atoms with Crippen LogP contribution in [0.1, 0.15) is 24.5 Å². The number of carbonyl (C=O) groups excluding carboxylic acids is 1. The van der Waals surface area contributed by atoms with Gasteiger partial charge in [0.05, 0.1) is 22.8 Å². The lowest BCUT2D eigenvalue weighted by Gasteiger charge is -2.40. The van der Waals surface area contributed by atoms with Crippen molar-refractivity contribution in [3.8, 4) is 5.75 Å². The van der Waals surface area contributed by atoms with Gasteiger partial charge in [0, 0.05) is 44.4 Å². The van der Waals surface area contributed by atoms with Crippen LogP contribution in [0.4, 0.5) is 27.8 Å². The molecule has 16 heteroatoms. The minimum absolute atomic E-state index is 0.0759. The van der Waals surface area contributed by atoms with E-state index in [1.165, 1.54) is 43.6 Å². The third kappa shape index (κ3) is 7.28. The van der Waals surface area contributed by atoms with Gasteiger partial charge in [-0.15, -0.1) is 13.2 Å². The molecule has 238 valence electrons. The van der Waals surface area contributed by atoms with E-state index in [2.05, 4.69) is 25.0 Å². The number of amides is 1. The lowest BCUT2D eigenvalue weighted by molar-refractivity contribution is -0.274. The normalized spacial score (nSPS) is 16.5. The maximum atomic E-state index is 14.0. The topological polar surface area (TPSA) is 118 Å². The number of hydrogen-bond donors (Lipinski definition) is 1. The van der Waals surface area contributed by atoms with Gasteiger partial charge in [-0.05, 0) is 35.9 Å². The fraction of sp³-hybridized carbons (Fsp3) is 0.310. The molecular formula is C29H27F5N6O4S. The van der Waals surface area contributed by atoms with E-state index in [4.69, 9.17) is 0 Å². The third-order valence-electron chi connectivity index (χ3n) is 7.24. The summed E-state index contributed by atoms with van der Waals surface area (Å²) in [6, 6.07) is 9.47. The lowest BCUT2D eigenvalue weighted by atomic mass is 10.0. The highest BCUT2D eigenvalue weighted by atomic mass is 32.2. The number of alkyl halides is 5. The Morgan fingerprint density at radius 1 is 0.978 bits per heavy atom. The van der Waals surface area contributed by atoms with Crippen LogP contribution < -0.4 is 15.0 Å². The molecule has 2 aromatic carbocycles. The van der Waals surface area contributed by atoms with Gasteiger partial charge in [0.1, 0.15) is 23.1 Å². The number of aromatic nitrogens is 3. The summed E-state index contributed by atoms with van der Waals surface area (Å²) < 4.78 is 98.1. The average molecular weight is 651 g/mol. The van der Waals surface area contributed by atoms with Crippen LogP contribution in [0.5, 0.6) is 5.75 Å². The van der Waals surface area contributed by atoms with Crippen molar-refractivity contribution < 1.29 is 39.9 Å². The molecule has 2 aromatic heterocycles. The van der Waals surface area contributed by atoms with Crippen molar-refractivity contribution in [2.75, 3.05) is 24.5 Å². The Morgan fingerprint density at radius 2 is 1.69 bits per heavy atom. The van der Waals surface area contributed by atoms with Gasteiger partial charge in [-0.3, -0.25) is 9.78 Å². The van der Waals surface area contributed by atoms with E-state index in [0.29, 0.717) is 22.4 Å². The molecule has 0 aliphatic carbocycles. The van der Waals surface area contributed by atoms with E-state index < -0.39 is 40.0 Å². The average Bonchev–Trinajstić information content (AvgIpc) is 3.02. The zero-order valence-corrected chi connectivity index (χ0v) is 24.5. The lowest BCUT2D eigenvalue weighted by Crippen LogP contribution is -2.60. The fourth-order valence-electron chi connectivity index (χ4n) is 4.81. The van der Waals surface area contributed by atoms with Gasteiger partial charge >= 0.3 is 6.36 Å². The van der Waals surface area contributed by atoms with E-state index >= 15 is 0 Å². The smallest absolute Gasteiger partial charge is 0.406 e. The zero-order valence-electron chi connectivity index (χ0n) is 23.7. The molecule has 0 unspecified atom stereocenters. The summed E-state index contributed by atoms with van der Waals surface area (Å²) in [5, 5.41) is 2.68. The summed E-state index contributed by atoms with van der Waals surface area (Å²) >= 11 is 0. The molecule has 4 aromatic rings. The number of nitrogens with one attached hydrogen (secondary N) is 1. The first kappa shape index (κ1) is 32.0. The molecule has 5 rings (SSSR count). The number of pyridine rings is 1. The Morgan fingerprint density at radius 3 is 2.36 bits per heavy atom. The second-order valence-corrected chi connectivity index (χ2v) is 12.1. The van der Waals surface area contributed by atoms with Crippen LogP contribution in [0.15, 0.2) is 78.1 Å². The number of fused-ring (bicyclic) bond motifs is 1. The number of anilines is 1. The molecule has 1 atom stereocenters. The van der Waals surface area contributed by atoms with Crippen molar-refractivity contribution in [3.05, 3.63) is 84.3 Å². The molecule has 45 heavy (non-hydrogen) atoms. The van der Waals surface area contributed by atoms with E-state index in [1.54, 1.807) is 17.2 Å². The first-order chi connectivity index (χ1) is 21.3. The number of hydrogen-bond acceptors (Lipinski definition) is 8. The molecule has 0 bridgehead atoms. The molecule has 10 nitrogen and oxygen atoms in total. The van der Waals surface area contributed by atoms with Crippen molar-refractivity contribution >= 4 is 32.8 Å². The van der Waals surface area contributed by atoms with Crippen LogP contribution in [0.3, 0.4) is 0 Å². The van der Waals surface area contributed by atoms with E-state index in [-0.39, 0.29) is 43.1 Å². The summed E-state index contributed by atoms with van der Waals surface area (Å²) in [6.45, 7) is 1.11.